The molecule has 33 heavy (non-hydrogen) atoms. The molecule has 0 unspecified atom stereocenters. The predicted molar refractivity (Wildman–Crippen MR) is 126 cm³/mol. The van der Waals surface area contributed by atoms with Gasteiger partial charge in [-0.1, -0.05) is 30.3 Å². The number of amides is 1. The average molecular weight is 458 g/mol. The molecular weight excluding hydrogens is 438 g/mol. The number of anilines is 2. The highest BCUT2D eigenvalue weighted by molar-refractivity contribution is 7.91. The molecule has 164 valence electrons. The van der Waals surface area contributed by atoms with E-state index in [-0.39, 0.29) is 20.9 Å². The number of rotatable bonds is 5. The molecule has 3 N–H and O–H groups in total. The number of carbonyl (C=O) groups is 1. The molecule has 8 nitrogen and oxygen atoms in total. The molecule has 0 fully saturated rings. The lowest BCUT2D eigenvalue weighted by Gasteiger charge is -2.15. The Labute approximate surface area is 189 Å². The number of aryl methyl sites for hydroxylation is 1. The van der Waals surface area contributed by atoms with E-state index in [2.05, 4.69) is 15.3 Å². The van der Waals surface area contributed by atoms with Crippen LogP contribution in [0, 0.1) is 0 Å². The van der Waals surface area contributed by atoms with Crippen molar-refractivity contribution < 1.29 is 13.2 Å². The molecule has 0 spiro atoms. The highest BCUT2D eigenvalue weighted by Crippen LogP contribution is 2.34. The second kappa shape index (κ2) is 7.72. The van der Waals surface area contributed by atoms with Crippen molar-refractivity contribution in [1.82, 2.24) is 14.5 Å². The summed E-state index contributed by atoms with van der Waals surface area (Å²) >= 11 is 0. The number of fused-ring (bicyclic) bond motifs is 2. The van der Waals surface area contributed by atoms with Gasteiger partial charge in [0, 0.05) is 24.3 Å². The van der Waals surface area contributed by atoms with Gasteiger partial charge in [0.2, 0.25) is 9.84 Å². The number of carbonyl (C=O) groups excluding carboxylic acids is 1. The summed E-state index contributed by atoms with van der Waals surface area (Å²) in [5.74, 6) is -0.676. The Kier molecular flexibility index (Phi) is 4.83. The van der Waals surface area contributed by atoms with E-state index in [1.165, 1.54) is 24.4 Å². The lowest BCUT2D eigenvalue weighted by atomic mass is 10.1. The molecule has 0 atom stereocenters. The van der Waals surface area contributed by atoms with Crippen LogP contribution >= 0.6 is 0 Å². The molecule has 0 radical (unpaired) electrons. The van der Waals surface area contributed by atoms with Crippen molar-refractivity contribution in [3.05, 3.63) is 84.8 Å². The Morgan fingerprint density at radius 1 is 1.00 bits per heavy atom. The lowest BCUT2D eigenvalue weighted by Crippen LogP contribution is -2.14. The summed E-state index contributed by atoms with van der Waals surface area (Å²) in [7, 11) is -1.95. The normalized spacial score (nSPS) is 11.7. The number of aromatic nitrogens is 3. The van der Waals surface area contributed by atoms with Gasteiger partial charge in [0.05, 0.1) is 43.9 Å². The SMILES string of the molecule is Cn1cnc2ccc(Nc3c(C(N)=O)cnc4c(S(=O)(=O)c5ccccc5)cccc34)cc21. The molecular formula is C24H19N5O3S. The lowest BCUT2D eigenvalue weighted by molar-refractivity contribution is 0.100. The van der Waals surface area contributed by atoms with Crippen LogP contribution in [0.2, 0.25) is 0 Å². The third-order valence-electron chi connectivity index (χ3n) is 5.46. The van der Waals surface area contributed by atoms with E-state index in [9.17, 15) is 13.2 Å². The molecule has 9 heteroatoms. The highest BCUT2D eigenvalue weighted by Gasteiger charge is 2.23. The minimum Gasteiger partial charge on any atom is -0.365 e. The van der Waals surface area contributed by atoms with Gasteiger partial charge in [0.15, 0.2) is 0 Å². The van der Waals surface area contributed by atoms with Crippen molar-refractivity contribution in [3.8, 4) is 0 Å². The molecule has 3 aromatic carbocycles. The monoisotopic (exact) mass is 457 g/mol. The smallest absolute Gasteiger partial charge is 0.252 e. The van der Waals surface area contributed by atoms with Gasteiger partial charge in [0.25, 0.3) is 5.91 Å². The Morgan fingerprint density at radius 3 is 2.55 bits per heavy atom. The van der Waals surface area contributed by atoms with Gasteiger partial charge >= 0.3 is 0 Å². The third kappa shape index (κ3) is 3.48. The van der Waals surface area contributed by atoms with Crippen molar-refractivity contribution in [3.63, 3.8) is 0 Å². The van der Waals surface area contributed by atoms with Crippen LogP contribution in [0.25, 0.3) is 21.9 Å². The first-order valence-electron chi connectivity index (χ1n) is 10.1. The summed E-state index contributed by atoms with van der Waals surface area (Å²) in [6.45, 7) is 0. The van der Waals surface area contributed by atoms with Crippen LogP contribution in [0.4, 0.5) is 11.4 Å². The molecule has 2 heterocycles. The largest absolute Gasteiger partial charge is 0.365 e. The van der Waals surface area contributed by atoms with Crippen LogP contribution in [0.15, 0.2) is 89.0 Å². The van der Waals surface area contributed by atoms with Gasteiger partial charge in [-0.2, -0.15) is 0 Å². The van der Waals surface area contributed by atoms with E-state index < -0.39 is 15.7 Å². The minimum atomic E-state index is -3.83. The molecule has 2 aromatic heterocycles. The van der Waals surface area contributed by atoms with Crippen LogP contribution in [0.3, 0.4) is 0 Å². The zero-order valence-corrected chi connectivity index (χ0v) is 18.4. The van der Waals surface area contributed by atoms with E-state index in [1.54, 1.807) is 36.7 Å². The van der Waals surface area contributed by atoms with Crippen molar-refractivity contribution >= 4 is 49.1 Å². The number of nitrogens with two attached hydrogens (primary N) is 1. The summed E-state index contributed by atoms with van der Waals surface area (Å²) < 4.78 is 28.5. The number of hydrogen-bond acceptors (Lipinski definition) is 6. The standard InChI is InChI=1S/C24H19N5O3S/c1-29-14-27-19-11-10-15(12-20(19)29)28-22-17-8-5-9-21(23(17)26-13-18(22)24(25)30)33(31,32)16-6-3-2-4-7-16/h2-14H,1H3,(H2,25,30)(H,26,28). The number of sulfone groups is 1. The Balaban J connectivity index is 1.72. The first kappa shape index (κ1) is 20.7. The number of pyridine rings is 1. The van der Waals surface area contributed by atoms with E-state index in [0.717, 1.165) is 11.0 Å². The van der Waals surface area contributed by atoms with Gasteiger partial charge in [-0.15, -0.1) is 0 Å². The Hall–Kier alpha value is -4.24. The summed E-state index contributed by atoms with van der Waals surface area (Å²) in [6.07, 6.45) is 3.02. The summed E-state index contributed by atoms with van der Waals surface area (Å²) in [6, 6.07) is 18.6. The Morgan fingerprint density at radius 2 is 1.79 bits per heavy atom. The molecule has 5 aromatic rings. The zero-order valence-electron chi connectivity index (χ0n) is 17.6. The number of benzene rings is 3. The van der Waals surface area contributed by atoms with Gasteiger partial charge in [-0.05, 0) is 36.4 Å². The van der Waals surface area contributed by atoms with Crippen LogP contribution in [-0.2, 0) is 16.9 Å². The molecule has 0 aliphatic heterocycles. The Bertz CT molecular complexity index is 1640. The van der Waals surface area contributed by atoms with Gasteiger partial charge in [-0.3, -0.25) is 9.78 Å². The summed E-state index contributed by atoms with van der Waals surface area (Å²) in [5, 5.41) is 3.71. The maximum Gasteiger partial charge on any atom is 0.252 e. The molecule has 0 saturated carbocycles. The number of hydrogen-bond donors (Lipinski definition) is 2. The number of nitrogens with one attached hydrogen (secondary N) is 1. The number of primary amides is 1. The van der Waals surface area contributed by atoms with Gasteiger partial charge in [0.1, 0.15) is 0 Å². The second-order valence-corrected chi connectivity index (χ2v) is 9.48. The zero-order chi connectivity index (χ0) is 23.2. The second-order valence-electron chi connectivity index (χ2n) is 7.56. The fourth-order valence-corrected chi connectivity index (χ4v) is 5.25. The number of para-hydroxylation sites is 1. The fourth-order valence-electron chi connectivity index (χ4n) is 3.81. The maximum absolute atomic E-state index is 13.3. The van der Waals surface area contributed by atoms with Crippen LogP contribution in [-0.4, -0.2) is 28.9 Å². The van der Waals surface area contributed by atoms with E-state index in [0.29, 0.717) is 16.8 Å². The quantitative estimate of drug-likeness (QED) is 0.414. The van der Waals surface area contributed by atoms with Gasteiger partial charge in [-0.25, -0.2) is 13.4 Å². The summed E-state index contributed by atoms with van der Waals surface area (Å²) in [5.41, 5.74) is 8.82. The van der Waals surface area contributed by atoms with E-state index in [1.807, 2.05) is 29.8 Å². The fraction of sp³-hybridized carbons (Fsp3) is 0.0417. The maximum atomic E-state index is 13.3. The minimum absolute atomic E-state index is 0.0485. The number of nitrogens with zero attached hydrogens (tertiary/aromatic N) is 3. The average Bonchev–Trinajstić information content (AvgIpc) is 3.19. The summed E-state index contributed by atoms with van der Waals surface area (Å²) in [4.78, 5) is 21.0. The third-order valence-corrected chi connectivity index (χ3v) is 7.26. The predicted octanol–water partition coefficient (Wildman–Crippen LogP) is 3.80. The molecule has 0 bridgehead atoms. The molecule has 5 rings (SSSR count). The van der Waals surface area contributed by atoms with E-state index in [4.69, 9.17) is 5.73 Å². The molecule has 1 amide bonds. The van der Waals surface area contributed by atoms with Crippen LogP contribution in [0.5, 0.6) is 0 Å². The van der Waals surface area contributed by atoms with Crippen LogP contribution in [0.1, 0.15) is 10.4 Å². The van der Waals surface area contributed by atoms with Crippen molar-refractivity contribution in [2.24, 2.45) is 12.8 Å². The first-order chi connectivity index (χ1) is 15.9. The van der Waals surface area contributed by atoms with Crippen molar-refractivity contribution in [2.45, 2.75) is 9.79 Å². The number of imidazole rings is 1. The van der Waals surface area contributed by atoms with Gasteiger partial charge < -0.3 is 15.6 Å². The van der Waals surface area contributed by atoms with Crippen molar-refractivity contribution in [2.75, 3.05) is 5.32 Å². The molecule has 0 saturated heterocycles. The molecule has 0 aliphatic carbocycles. The van der Waals surface area contributed by atoms with Crippen molar-refractivity contribution in [1.29, 1.82) is 0 Å². The molecule has 0 aliphatic rings. The van der Waals surface area contributed by atoms with E-state index >= 15 is 0 Å². The topological polar surface area (TPSA) is 120 Å². The first-order valence-corrected chi connectivity index (χ1v) is 11.5. The highest BCUT2D eigenvalue weighted by atomic mass is 32.2. The van der Waals surface area contributed by atoms with Crippen LogP contribution < -0.4 is 11.1 Å².